The number of hydrogen-bond donors (Lipinski definition) is 3. The van der Waals surface area contributed by atoms with E-state index in [1.54, 1.807) is 0 Å². The summed E-state index contributed by atoms with van der Waals surface area (Å²) in [4.78, 5) is 0. The first-order chi connectivity index (χ1) is 14.6. The molecule has 3 rings (SSSR count). The molecule has 2 aromatic carbocycles. The first-order valence-corrected chi connectivity index (χ1v) is 12.0. The van der Waals surface area contributed by atoms with Crippen LogP contribution < -0.4 is 15.4 Å². The van der Waals surface area contributed by atoms with Gasteiger partial charge >= 0.3 is 10.2 Å². The molecule has 0 spiro atoms. The molecule has 3 N–H and O–H groups in total. The number of hydrogen-bond acceptors (Lipinski definition) is 4. The zero-order chi connectivity index (χ0) is 22.8. The number of nitrogens with zero attached hydrogens (tertiary/aromatic N) is 1. The van der Waals surface area contributed by atoms with Crippen LogP contribution in [0.3, 0.4) is 0 Å². The van der Waals surface area contributed by atoms with Gasteiger partial charge in [-0.3, -0.25) is 4.72 Å². The smallest absolute Gasteiger partial charge is 0.301 e. The van der Waals surface area contributed by atoms with Gasteiger partial charge in [-0.1, -0.05) is 29.8 Å². The molecule has 0 aliphatic carbocycles. The van der Waals surface area contributed by atoms with Crippen LogP contribution in [-0.2, 0) is 10.2 Å². The van der Waals surface area contributed by atoms with E-state index < -0.39 is 33.3 Å². The zero-order valence-electron chi connectivity index (χ0n) is 17.1. The molecule has 0 atom stereocenters. The fraction of sp³-hybridized carbons (Fsp3) is 0.400. The third kappa shape index (κ3) is 5.91. The molecule has 0 radical (unpaired) electrons. The van der Waals surface area contributed by atoms with Crippen molar-refractivity contribution in [1.82, 2.24) is 9.62 Å². The molecule has 6 nitrogen and oxygen atoms in total. The van der Waals surface area contributed by atoms with Crippen molar-refractivity contribution in [2.45, 2.75) is 38.8 Å². The number of rotatable bonds is 7. The van der Waals surface area contributed by atoms with E-state index >= 15 is 0 Å². The molecule has 0 aromatic heterocycles. The fourth-order valence-corrected chi connectivity index (χ4v) is 5.02. The second-order valence-corrected chi connectivity index (χ2v) is 10.2. The highest BCUT2D eigenvalue weighted by atomic mass is 79.9. The normalized spacial score (nSPS) is 16.0. The summed E-state index contributed by atoms with van der Waals surface area (Å²) in [6.07, 6.45) is 1.26. The van der Waals surface area contributed by atoms with Gasteiger partial charge in [0.15, 0.2) is 11.6 Å². The van der Waals surface area contributed by atoms with E-state index in [0.717, 1.165) is 18.2 Å². The zero-order valence-corrected chi connectivity index (χ0v) is 19.5. The van der Waals surface area contributed by atoms with E-state index in [1.165, 1.54) is 16.4 Å². The third-order valence-electron chi connectivity index (χ3n) is 4.89. The van der Waals surface area contributed by atoms with Crippen LogP contribution >= 0.6 is 15.9 Å². The average molecular weight is 521 g/mol. The highest BCUT2D eigenvalue weighted by molar-refractivity contribution is 9.10. The molecule has 1 aliphatic rings. The van der Waals surface area contributed by atoms with Gasteiger partial charge in [-0.15, -0.1) is 0 Å². The minimum atomic E-state index is -4.02. The molecule has 2 aromatic rings. The summed E-state index contributed by atoms with van der Waals surface area (Å²) in [5, 5.41) is 5.85. The Balaban J connectivity index is 1.82. The average Bonchev–Trinajstić information content (AvgIpc) is 2.69. The van der Waals surface area contributed by atoms with Crippen molar-refractivity contribution in [3.63, 3.8) is 0 Å². The second kappa shape index (κ2) is 9.76. The first-order valence-electron chi connectivity index (χ1n) is 9.81. The van der Waals surface area contributed by atoms with Gasteiger partial charge in [0.05, 0.1) is 11.4 Å². The largest absolute Gasteiger partial charge is 0.349 e. The van der Waals surface area contributed by atoms with E-state index in [2.05, 4.69) is 31.3 Å². The van der Waals surface area contributed by atoms with E-state index in [9.17, 15) is 21.6 Å². The Labute approximate surface area is 188 Å². The van der Waals surface area contributed by atoms with Crippen molar-refractivity contribution in [1.29, 1.82) is 0 Å². The van der Waals surface area contributed by atoms with Gasteiger partial charge in [-0.25, -0.2) is 13.2 Å². The lowest BCUT2D eigenvalue weighted by Gasteiger charge is -2.33. The van der Waals surface area contributed by atoms with Crippen molar-refractivity contribution in [2.75, 3.05) is 23.1 Å². The summed E-state index contributed by atoms with van der Waals surface area (Å²) in [5.74, 6) is -3.22. The SMILES string of the molecule is CC(C)NC1CCN(S(=O)(=O)Nc2ccc(F)c(F)c2Nc2ccc(Br)cc2F)CC1. The molecule has 1 saturated heterocycles. The molecule has 11 heteroatoms. The summed E-state index contributed by atoms with van der Waals surface area (Å²) < 4.78 is 72.3. The maximum absolute atomic E-state index is 14.5. The highest BCUT2D eigenvalue weighted by Gasteiger charge is 2.29. The molecule has 1 aliphatic heterocycles. The van der Waals surface area contributed by atoms with Crippen LogP contribution in [0.25, 0.3) is 0 Å². The Morgan fingerprint density at radius 3 is 2.29 bits per heavy atom. The first kappa shape index (κ1) is 23.8. The van der Waals surface area contributed by atoms with Gasteiger partial charge in [-0.2, -0.15) is 12.7 Å². The van der Waals surface area contributed by atoms with E-state index in [1.807, 2.05) is 13.8 Å². The summed E-state index contributed by atoms with van der Waals surface area (Å²) in [6.45, 7) is 4.62. The van der Waals surface area contributed by atoms with Gasteiger partial charge in [-0.05, 0) is 43.2 Å². The van der Waals surface area contributed by atoms with Crippen molar-refractivity contribution >= 4 is 43.2 Å². The van der Waals surface area contributed by atoms with E-state index in [4.69, 9.17) is 0 Å². The lowest BCUT2D eigenvalue weighted by atomic mass is 10.1. The lowest BCUT2D eigenvalue weighted by Crippen LogP contribution is -2.48. The van der Waals surface area contributed by atoms with Crippen molar-refractivity contribution in [3.05, 3.63) is 52.3 Å². The quantitative estimate of drug-likeness (QED) is 0.493. The topological polar surface area (TPSA) is 73.5 Å². The standard InChI is InChI=1S/C20H24BrF3N4O2S/c1-12(2)25-14-7-9-28(10-8-14)31(29,30)27-18-6-4-15(22)19(24)20(18)26-17-5-3-13(21)11-16(17)23/h3-6,11-12,14,25-27H,7-10H2,1-2H3. The molecule has 1 fully saturated rings. The summed E-state index contributed by atoms with van der Waals surface area (Å²) >= 11 is 3.12. The number of piperidine rings is 1. The van der Waals surface area contributed by atoms with Crippen molar-refractivity contribution in [2.24, 2.45) is 0 Å². The molecule has 1 heterocycles. The van der Waals surface area contributed by atoms with Crippen LogP contribution in [0.4, 0.5) is 30.2 Å². The van der Waals surface area contributed by atoms with Gasteiger partial charge in [0.1, 0.15) is 11.5 Å². The molecular weight excluding hydrogens is 497 g/mol. The highest BCUT2D eigenvalue weighted by Crippen LogP contribution is 2.33. The minimum Gasteiger partial charge on any atom is -0.349 e. The van der Waals surface area contributed by atoms with Crippen LogP contribution in [0.1, 0.15) is 26.7 Å². The number of nitrogens with one attached hydrogen (secondary N) is 3. The predicted molar refractivity (Wildman–Crippen MR) is 119 cm³/mol. The van der Waals surface area contributed by atoms with Crippen LogP contribution in [0, 0.1) is 17.5 Å². The molecule has 0 amide bonds. The molecule has 31 heavy (non-hydrogen) atoms. The van der Waals surface area contributed by atoms with Crippen LogP contribution in [0.2, 0.25) is 0 Å². The van der Waals surface area contributed by atoms with Crippen LogP contribution in [-0.4, -0.2) is 37.9 Å². The number of anilines is 3. The van der Waals surface area contributed by atoms with Crippen molar-refractivity contribution < 1.29 is 21.6 Å². The Kier molecular flexibility index (Phi) is 7.51. The molecule has 170 valence electrons. The maximum atomic E-state index is 14.5. The van der Waals surface area contributed by atoms with Crippen LogP contribution in [0.15, 0.2) is 34.8 Å². The van der Waals surface area contributed by atoms with E-state index in [0.29, 0.717) is 23.4 Å². The van der Waals surface area contributed by atoms with Crippen LogP contribution in [0.5, 0.6) is 0 Å². The molecule has 0 saturated carbocycles. The van der Waals surface area contributed by atoms with Gasteiger partial charge in [0, 0.05) is 29.6 Å². The second-order valence-electron chi connectivity index (χ2n) is 7.63. The Morgan fingerprint density at radius 2 is 1.68 bits per heavy atom. The predicted octanol–water partition coefficient (Wildman–Crippen LogP) is 4.73. The summed E-state index contributed by atoms with van der Waals surface area (Å²) in [5.41, 5.74) is -0.849. The third-order valence-corrected chi connectivity index (χ3v) is 6.90. The summed E-state index contributed by atoms with van der Waals surface area (Å²) in [7, 11) is -4.02. The minimum absolute atomic E-state index is 0.131. The number of benzene rings is 2. The number of halogens is 4. The maximum Gasteiger partial charge on any atom is 0.301 e. The van der Waals surface area contributed by atoms with Gasteiger partial charge < -0.3 is 10.6 Å². The molecule has 0 bridgehead atoms. The summed E-state index contributed by atoms with van der Waals surface area (Å²) in [6, 6.07) is 6.42. The molecule has 0 unspecified atom stereocenters. The monoisotopic (exact) mass is 520 g/mol. The van der Waals surface area contributed by atoms with Gasteiger partial charge in [0.2, 0.25) is 0 Å². The Bertz CT molecular complexity index is 1040. The Morgan fingerprint density at radius 1 is 1.03 bits per heavy atom. The molecular formula is C20H24BrF3N4O2S. The van der Waals surface area contributed by atoms with E-state index in [-0.39, 0.29) is 30.5 Å². The Hall–Kier alpha value is -1.82. The van der Waals surface area contributed by atoms with Crippen molar-refractivity contribution in [3.8, 4) is 0 Å². The fourth-order valence-electron chi connectivity index (χ4n) is 3.42. The van der Waals surface area contributed by atoms with Gasteiger partial charge in [0.25, 0.3) is 0 Å². The lowest BCUT2D eigenvalue weighted by molar-refractivity contribution is 0.281.